The number of carbonyl (C=O) groups is 2. The van der Waals surface area contributed by atoms with Crippen molar-refractivity contribution in [3.05, 3.63) is 87.7 Å². The van der Waals surface area contributed by atoms with Gasteiger partial charge in [-0.3, -0.25) is 9.59 Å². The number of hydrogen-bond acceptors (Lipinski definition) is 3. The molecule has 1 aliphatic carbocycles. The molecule has 1 atom stereocenters. The molecule has 3 N–H and O–H groups in total. The van der Waals surface area contributed by atoms with Crippen molar-refractivity contribution >= 4 is 39.7 Å². The van der Waals surface area contributed by atoms with Crippen LogP contribution in [0.1, 0.15) is 32.8 Å². The number of carbonyl (C=O) groups excluding carboxylic acids is 2. The van der Waals surface area contributed by atoms with Gasteiger partial charge < -0.3 is 15.6 Å². The minimum atomic E-state index is -0.693. The number of aryl methyl sites for hydroxylation is 2. The summed E-state index contributed by atoms with van der Waals surface area (Å²) >= 11 is 1.36. The number of fused-ring (bicyclic) bond motifs is 2. The highest BCUT2D eigenvalue weighted by atomic mass is 32.1. The Morgan fingerprint density at radius 1 is 1.03 bits per heavy atom. The number of benzene rings is 2. The number of aromatic nitrogens is 1. The molecule has 156 valence electrons. The lowest BCUT2D eigenvalue weighted by atomic mass is 10.0. The van der Waals surface area contributed by atoms with E-state index >= 15 is 0 Å². The van der Waals surface area contributed by atoms with Gasteiger partial charge in [0.25, 0.3) is 5.91 Å². The van der Waals surface area contributed by atoms with Crippen LogP contribution in [0.3, 0.4) is 0 Å². The number of para-hydroxylation sites is 1. The number of aromatic amines is 1. The third-order valence-corrected chi connectivity index (χ3v) is 6.70. The molecule has 1 unspecified atom stereocenters. The predicted octanol–water partition coefficient (Wildman–Crippen LogP) is 4.70. The molecule has 6 heteroatoms. The first-order valence-electron chi connectivity index (χ1n) is 10.5. The van der Waals surface area contributed by atoms with Crippen molar-refractivity contribution in [3.63, 3.8) is 0 Å². The van der Waals surface area contributed by atoms with Crippen molar-refractivity contribution in [2.24, 2.45) is 0 Å². The highest BCUT2D eigenvalue weighted by molar-refractivity contribution is 7.12. The number of thiophene rings is 1. The van der Waals surface area contributed by atoms with Crippen molar-refractivity contribution in [1.82, 2.24) is 10.3 Å². The highest BCUT2D eigenvalue weighted by Crippen LogP contribution is 2.25. The lowest BCUT2D eigenvalue weighted by Gasteiger charge is -2.18. The van der Waals surface area contributed by atoms with Crippen LogP contribution in [0, 0.1) is 0 Å². The molecule has 2 aromatic carbocycles. The fourth-order valence-corrected chi connectivity index (χ4v) is 4.87. The van der Waals surface area contributed by atoms with Crippen LogP contribution in [0.5, 0.6) is 0 Å². The number of H-pyrrole nitrogens is 1. The van der Waals surface area contributed by atoms with E-state index in [1.165, 1.54) is 22.5 Å². The van der Waals surface area contributed by atoms with Crippen LogP contribution >= 0.6 is 11.3 Å². The normalized spacial score (nSPS) is 13.7. The maximum absolute atomic E-state index is 13.2. The second-order valence-electron chi connectivity index (χ2n) is 7.89. The van der Waals surface area contributed by atoms with Gasteiger partial charge in [0.1, 0.15) is 6.04 Å². The molecule has 4 aromatic rings. The minimum Gasteiger partial charge on any atom is -0.361 e. The second-order valence-corrected chi connectivity index (χ2v) is 8.84. The molecule has 2 heterocycles. The first kappa shape index (κ1) is 19.6. The zero-order chi connectivity index (χ0) is 21.2. The standard InChI is InChI=1S/C25H23N3O2S/c29-24(27-19-11-10-16-5-3-6-17(16)13-19)22(28-25(30)23-9-4-12-31-23)14-18-15-26-21-8-2-1-7-20(18)21/h1-2,4,7-13,15,22,26H,3,5-6,14H2,(H,27,29)(H,28,30). The number of amides is 2. The Morgan fingerprint density at radius 3 is 2.77 bits per heavy atom. The first-order chi connectivity index (χ1) is 15.2. The quantitative estimate of drug-likeness (QED) is 0.416. The molecule has 0 bridgehead atoms. The van der Waals surface area contributed by atoms with Gasteiger partial charge in [-0.25, -0.2) is 0 Å². The zero-order valence-corrected chi connectivity index (χ0v) is 17.8. The molecule has 5 nitrogen and oxygen atoms in total. The van der Waals surface area contributed by atoms with Crippen LogP contribution in [-0.4, -0.2) is 22.8 Å². The Morgan fingerprint density at radius 2 is 1.90 bits per heavy atom. The number of anilines is 1. The fraction of sp³-hybridized carbons (Fsp3) is 0.200. The molecule has 0 radical (unpaired) electrons. The topological polar surface area (TPSA) is 74.0 Å². The van der Waals surface area contributed by atoms with Gasteiger partial charge in [-0.2, -0.15) is 0 Å². The number of hydrogen-bond donors (Lipinski definition) is 3. The molecule has 0 spiro atoms. The summed E-state index contributed by atoms with van der Waals surface area (Å²) in [6.45, 7) is 0. The molecular formula is C25H23N3O2S. The van der Waals surface area contributed by atoms with Gasteiger partial charge in [-0.15, -0.1) is 11.3 Å². The van der Waals surface area contributed by atoms with E-state index < -0.39 is 6.04 Å². The highest BCUT2D eigenvalue weighted by Gasteiger charge is 2.24. The van der Waals surface area contributed by atoms with E-state index in [0.717, 1.165) is 41.4 Å². The molecule has 0 fully saturated rings. The van der Waals surface area contributed by atoms with Crippen LogP contribution in [-0.2, 0) is 24.1 Å². The Bertz CT molecular complexity index is 1240. The smallest absolute Gasteiger partial charge is 0.262 e. The fourth-order valence-electron chi connectivity index (χ4n) is 4.25. The van der Waals surface area contributed by atoms with Crippen LogP contribution in [0.15, 0.2) is 66.2 Å². The molecule has 31 heavy (non-hydrogen) atoms. The SMILES string of the molecule is O=C(NC(Cc1c[nH]c2ccccc12)C(=O)Nc1ccc2c(c1)CCC2)c1cccs1. The summed E-state index contributed by atoms with van der Waals surface area (Å²) in [5, 5.41) is 8.88. The van der Waals surface area contributed by atoms with Crippen LogP contribution in [0.4, 0.5) is 5.69 Å². The van der Waals surface area contributed by atoms with Crippen LogP contribution in [0.25, 0.3) is 10.9 Å². The van der Waals surface area contributed by atoms with Gasteiger partial charge in [0.2, 0.25) is 5.91 Å². The van der Waals surface area contributed by atoms with Gasteiger partial charge in [0.15, 0.2) is 0 Å². The molecular weight excluding hydrogens is 406 g/mol. The van der Waals surface area contributed by atoms with E-state index in [4.69, 9.17) is 0 Å². The monoisotopic (exact) mass is 429 g/mol. The van der Waals surface area contributed by atoms with E-state index in [1.807, 2.05) is 48.0 Å². The molecule has 0 saturated carbocycles. The number of rotatable bonds is 6. The summed E-state index contributed by atoms with van der Waals surface area (Å²) < 4.78 is 0. The van der Waals surface area contributed by atoms with Crippen molar-refractivity contribution in [2.75, 3.05) is 5.32 Å². The largest absolute Gasteiger partial charge is 0.361 e. The van der Waals surface area contributed by atoms with Gasteiger partial charge in [0, 0.05) is 29.2 Å². The molecule has 0 saturated heterocycles. The third-order valence-electron chi connectivity index (χ3n) is 5.83. The van der Waals surface area contributed by atoms with Gasteiger partial charge in [0.05, 0.1) is 4.88 Å². The number of nitrogens with one attached hydrogen (secondary N) is 3. The Labute approximate surface area is 184 Å². The van der Waals surface area contributed by atoms with Crippen molar-refractivity contribution in [3.8, 4) is 0 Å². The van der Waals surface area contributed by atoms with Gasteiger partial charge in [-0.05, 0) is 65.6 Å². The first-order valence-corrected chi connectivity index (χ1v) is 11.4. The van der Waals surface area contributed by atoms with E-state index in [1.54, 1.807) is 6.07 Å². The molecule has 0 aliphatic heterocycles. The molecule has 5 rings (SSSR count). The average Bonchev–Trinajstić information content (AvgIpc) is 3.54. The van der Waals surface area contributed by atoms with Crippen molar-refractivity contribution < 1.29 is 9.59 Å². The maximum Gasteiger partial charge on any atom is 0.262 e. The zero-order valence-electron chi connectivity index (χ0n) is 17.0. The molecule has 2 amide bonds. The van der Waals surface area contributed by atoms with Crippen molar-refractivity contribution in [2.45, 2.75) is 31.7 Å². The average molecular weight is 430 g/mol. The van der Waals surface area contributed by atoms with E-state index in [0.29, 0.717) is 11.3 Å². The lowest BCUT2D eigenvalue weighted by Crippen LogP contribution is -2.45. The molecule has 1 aliphatic rings. The van der Waals surface area contributed by atoms with Gasteiger partial charge in [-0.1, -0.05) is 30.3 Å². The maximum atomic E-state index is 13.2. The Hall–Kier alpha value is -3.38. The summed E-state index contributed by atoms with van der Waals surface area (Å²) in [6, 6.07) is 17.0. The van der Waals surface area contributed by atoms with E-state index in [9.17, 15) is 9.59 Å². The summed E-state index contributed by atoms with van der Waals surface area (Å²) in [5.41, 5.74) is 5.45. The summed E-state index contributed by atoms with van der Waals surface area (Å²) in [7, 11) is 0. The summed E-state index contributed by atoms with van der Waals surface area (Å²) in [4.78, 5) is 29.8. The van der Waals surface area contributed by atoms with Crippen molar-refractivity contribution in [1.29, 1.82) is 0 Å². The molecule has 2 aromatic heterocycles. The van der Waals surface area contributed by atoms with E-state index in [-0.39, 0.29) is 11.8 Å². The minimum absolute atomic E-state index is 0.215. The second kappa shape index (κ2) is 8.40. The Balaban J connectivity index is 1.39. The van der Waals surface area contributed by atoms with Crippen LogP contribution in [0.2, 0.25) is 0 Å². The third kappa shape index (κ3) is 4.11. The Kier molecular flexibility index (Phi) is 5.30. The lowest BCUT2D eigenvalue weighted by molar-refractivity contribution is -0.118. The summed E-state index contributed by atoms with van der Waals surface area (Å²) in [6.07, 6.45) is 5.62. The predicted molar refractivity (Wildman–Crippen MR) is 125 cm³/mol. The summed E-state index contributed by atoms with van der Waals surface area (Å²) in [5.74, 6) is -0.447. The van der Waals surface area contributed by atoms with E-state index in [2.05, 4.69) is 27.8 Å². The van der Waals surface area contributed by atoms with Crippen LogP contribution < -0.4 is 10.6 Å². The van der Waals surface area contributed by atoms with Gasteiger partial charge >= 0.3 is 0 Å².